The number of rotatable bonds is 2. The fourth-order valence-corrected chi connectivity index (χ4v) is 2.56. The number of benzene rings is 1. The number of halogens is 1. The Balaban J connectivity index is 2.30. The molecule has 1 N–H and O–H groups in total. The summed E-state index contributed by atoms with van der Waals surface area (Å²) in [5.41, 5.74) is 1.67. The molecule has 0 saturated carbocycles. The quantitative estimate of drug-likeness (QED) is 0.854. The SMILES string of the molecule is CC1CCCN(c2ccc(F)cc2C(C)O)C1. The molecule has 1 heterocycles. The van der Waals surface area contributed by atoms with Crippen molar-refractivity contribution in [3.05, 3.63) is 29.6 Å². The summed E-state index contributed by atoms with van der Waals surface area (Å²) in [6.45, 7) is 5.91. The second-order valence-corrected chi connectivity index (χ2v) is 5.07. The predicted molar refractivity (Wildman–Crippen MR) is 67.6 cm³/mol. The summed E-state index contributed by atoms with van der Waals surface area (Å²) < 4.78 is 13.2. The van der Waals surface area contributed by atoms with Crippen LogP contribution in [0, 0.1) is 11.7 Å². The molecule has 0 aromatic heterocycles. The minimum Gasteiger partial charge on any atom is -0.389 e. The zero-order chi connectivity index (χ0) is 12.4. The van der Waals surface area contributed by atoms with E-state index in [0.29, 0.717) is 11.5 Å². The highest BCUT2D eigenvalue weighted by Crippen LogP contribution is 2.30. The molecule has 1 aliphatic heterocycles. The molecule has 2 nitrogen and oxygen atoms in total. The first-order valence-corrected chi connectivity index (χ1v) is 6.30. The summed E-state index contributed by atoms with van der Waals surface area (Å²) in [6.07, 6.45) is 1.79. The van der Waals surface area contributed by atoms with E-state index in [1.165, 1.54) is 18.6 Å². The lowest BCUT2D eigenvalue weighted by molar-refractivity contribution is 0.199. The van der Waals surface area contributed by atoms with Crippen LogP contribution < -0.4 is 4.90 Å². The average molecular weight is 237 g/mol. The number of nitrogens with zero attached hydrogens (tertiary/aromatic N) is 1. The predicted octanol–water partition coefficient (Wildman–Crippen LogP) is 3.12. The summed E-state index contributed by atoms with van der Waals surface area (Å²) in [7, 11) is 0. The first kappa shape index (κ1) is 12.4. The van der Waals surface area contributed by atoms with E-state index < -0.39 is 6.10 Å². The molecule has 1 aromatic rings. The van der Waals surface area contributed by atoms with Gasteiger partial charge in [0.05, 0.1) is 6.10 Å². The summed E-state index contributed by atoms with van der Waals surface area (Å²) in [5.74, 6) is 0.380. The van der Waals surface area contributed by atoms with Crippen LogP contribution in [-0.4, -0.2) is 18.2 Å². The Morgan fingerprint density at radius 3 is 2.88 bits per heavy atom. The van der Waals surface area contributed by atoms with Gasteiger partial charge >= 0.3 is 0 Å². The van der Waals surface area contributed by atoms with Gasteiger partial charge in [-0.15, -0.1) is 0 Å². The Kier molecular flexibility index (Phi) is 3.67. The Bertz CT molecular complexity index is 392. The highest BCUT2D eigenvalue weighted by molar-refractivity contribution is 5.55. The maximum absolute atomic E-state index is 13.2. The van der Waals surface area contributed by atoms with Gasteiger partial charge in [-0.25, -0.2) is 4.39 Å². The van der Waals surface area contributed by atoms with E-state index in [-0.39, 0.29) is 5.82 Å². The number of hydrogen-bond donors (Lipinski definition) is 1. The van der Waals surface area contributed by atoms with Crippen LogP contribution >= 0.6 is 0 Å². The summed E-state index contributed by atoms with van der Waals surface area (Å²) >= 11 is 0. The van der Waals surface area contributed by atoms with Gasteiger partial charge in [-0.1, -0.05) is 6.92 Å². The van der Waals surface area contributed by atoms with Gasteiger partial charge in [0.2, 0.25) is 0 Å². The monoisotopic (exact) mass is 237 g/mol. The van der Waals surface area contributed by atoms with Crippen molar-refractivity contribution in [2.45, 2.75) is 32.8 Å². The molecule has 3 heteroatoms. The van der Waals surface area contributed by atoms with E-state index in [1.54, 1.807) is 13.0 Å². The molecule has 1 aromatic carbocycles. The lowest BCUT2D eigenvalue weighted by Crippen LogP contribution is -2.35. The molecular formula is C14H20FNO. The Hall–Kier alpha value is -1.09. The van der Waals surface area contributed by atoms with Crippen LogP contribution in [-0.2, 0) is 0 Å². The smallest absolute Gasteiger partial charge is 0.123 e. The number of anilines is 1. The van der Waals surface area contributed by atoms with Crippen LogP contribution in [0.5, 0.6) is 0 Å². The Labute approximate surface area is 102 Å². The molecule has 17 heavy (non-hydrogen) atoms. The molecule has 0 bridgehead atoms. The summed E-state index contributed by atoms with van der Waals surface area (Å²) in [4.78, 5) is 2.26. The third-order valence-electron chi connectivity index (χ3n) is 3.44. The second kappa shape index (κ2) is 5.05. The van der Waals surface area contributed by atoms with E-state index in [4.69, 9.17) is 0 Å². The van der Waals surface area contributed by atoms with Gasteiger partial charge in [0.25, 0.3) is 0 Å². The third-order valence-corrected chi connectivity index (χ3v) is 3.44. The van der Waals surface area contributed by atoms with Crippen molar-refractivity contribution in [3.63, 3.8) is 0 Å². The van der Waals surface area contributed by atoms with Crippen molar-refractivity contribution >= 4 is 5.69 Å². The first-order chi connectivity index (χ1) is 8.08. The topological polar surface area (TPSA) is 23.5 Å². The molecule has 1 saturated heterocycles. The highest BCUT2D eigenvalue weighted by Gasteiger charge is 2.20. The average Bonchev–Trinajstić information content (AvgIpc) is 2.28. The van der Waals surface area contributed by atoms with Crippen LogP contribution in [0.1, 0.15) is 38.4 Å². The molecule has 0 amide bonds. The summed E-state index contributed by atoms with van der Waals surface area (Å²) in [6, 6.07) is 4.70. The zero-order valence-electron chi connectivity index (χ0n) is 10.5. The van der Waals surface area contributed by atoms with E-state index in [9.17, 15) is 9.50 Å². The van der Waals surface area contributed by atoms with Gasteiger partial charge in [-0.05, 0) is 43.9 Å². The molecule has 94 valence electrons. The van der Waals surface area contributed by atoms with Crippen LogP contribution in [0.15, 0.2) is 18.2 Å². The van der Waals surface area contributed by atoms with Gasteiger partial charge in [0.15, 0.2) is 0 Å². The van der Waals surface area contributed by atoms with E-state index in [0.717, 1.165) is 25.2 Å². The molecule has 1 fully saturated rings. The van der Waals surface area contributed by atoms with E-state index in [1.807, 2.05) is 0 Å². The minimum absolute atomic E-state index is 0.283. The van der Waals surface area contributed by atoms with Gasteiger partial charge in [0.1, 0.15) is 5.82 Å². The highest BCUT2D eigenvalue weighted by atomic mass is 19.1. The maximum Gasteiger partial charge on any atom is 0.123 e. The van der Waals surface area contributed by atoms with Crippen molar-refractivity contribution in [1.82, 2.24) is 0 Å². The van der Waals surface area contributed by atoms with Crippen molar-refractivity contribution in [1.29, 1.82) is 0 Å². The molecule has 2 unspecified atom stereocenters. The number of aliphatic hydroxyl groups excluding tert-OH is 1. The molecule has 0 spiro atoms. The van der Waals surface area contributed by atoms with Crippen molar-refractivity contribution in [2.24, 2.45) is 5.92 Å². The Morgan fingerprint density at radius 2 is 2.24 bits per heavy atom. The van der Waals surface area contributed by atoms with Gasteiger partial charge in [-0.2, -0.15) is 0 Å². The molecule has 1 aliphatic rings. The van der Waals surface area contributed by atoms with E-state index >= 15 is 0 Å². The summed E-state index contributed by atoms with van der Waals surface area (Å²) in [5, 5.41) is 9.73. The van der Waals surface area contributed by atoms with Crippen molar-refractivity contribution in [2.75, 3.05) is 18.0 Å². The van der Waals surface area contributed by atoms with Gasteiger partial charge in [-0.3, -0.25) is 0 Å². The largest absolute Gasteiger partial charge is 0.389 e. The molecule has 2 atom stereocenters. The minimum atomic E-state index is -0.627. The third kappa shape index (κ3) is 2.78. The lowest BCUT2D eigenvalue weighted by atomic mass is 9.98. The van der Waals surface area contributed by atoms with Crippen LogP contribution in [0.25, 0.3) is 0 Å². The number of aliphatic hydroxyl groups is 1. The standard InChI is InChI=1S/C14H20FNO/c1-10-4-3-7-16(9-10)14-6-5-12(15)8-13(14)11(2)17/h5-6,8,10-11,17H,3-4,7,9H2,1-2H3. The van der Waals surface area contributed by atoms with Crippen molar-refractivity contribution in [3.8, 4) is 0 Å². The molecule has 2 rings (SSSR count). The van der Waals surface area contributed by atoms with Gasteiger partial charge < -0.3 is 10.0 Å². The Morgan fingerprint density at radius 1 is 1.47 bits per heavy atom. The second-order valence-electron chi connectivity index (χ2n) is 5.07. The fraction of sp³-hybridized carbons (Fsp3) is 0.571. The van der Waals surface area contributed by atoms with E-state index in [2.05, 4.69) is 11.8 Å². The molecule has 0 radical (unpaired) electrons. The number of piperidine rings is 1. The first-order valence-electron chi connectivity index (χ1n) is 6.30. The lowest BCUT2D eigenvalue weighted by Gasteiger charge is -2.34. The zero-order valence-corrected chi connectivity index (χ0v) is 10.5. The maximum atomic E-state index is 13.2. The normalized spacial score (nSPS) is 22.6. The molecular weight excluding hydrogens is 217 g/mol. The van der Waals surface area contributed by atoms with Crippen molar-refractivity contribution < 1.29 is 9.50 Å². The van der Waals surface area contributed by atoms with Crippen LogP contribution in [0.4, 0.5) is 10.1 Å². The number of hydrogen-bond acceptors (Lipinski definition) is 2. The van der Waals surface area contributed by atoms with Crippen LogP contribution in [0.2, 0.25) is 0 Å². The molecule has 0 aliphatic carbocycles. The van der Waals surface area contributed by atoms with Crippen LogP contribution in [0.3, 0.4) is 0 Å². The van der Waals surface area contributed by atoms with Gasteiger partial charge in [0, 0.05) is 24.3 Å². The fourth-order valence-electron chi connectivity index (χ4n) is 2.56.